The summed E-state index contributed by atoms with van der Waals surface area (Å²) in [7, 11) is 0. The fourth-order valence-corrected chi connectivity index (χ4v) is 1.67. The number of fused-ring (bicyclic) bond motifs is 3. The van der Waals surface area contributed by atoms with Crippen LogP contribution in [0.1, 0.15) is 0 Å². The number of hydrogen-bond acceptors (Lipinski definition) is 2. The zero-order chi connectivity index (χ0) is 9.54. The van der Waals surface area contributed by atoms with Crippen LogP contribution in [0.5, 0.6) is 0 Å². The summed E-state index contributed by atoms with van der Waals surface area (Å²) >= 11 is 0. The molecule has 0 spiro atoms. The van der Waals surface area contributed by atoms with Crippen LogP contribution in [0, 0.1) is 0 Å². The van der Waals surface area contributed by atoms with Crippen LogP contribution in [0.25, 0.3) is 21.8 Å². The van der Waals surface area contributed by atoms with Crippen molar-refractivity contribution >= 4 is 21.8 Å². The lowest BCUT2D eigenvalue weighted by molar-refractivity contribution is 1.24. The van der Waals surface area contributed by atoms with Gasteiger partial charge in [-0.15, -0.1) is 0 Å². The molecular formula is C10H7N3O. The summed E-state index contributed by atoms with van der Waals surface area (Å²) in [6, 6.07) is 3.80. The van der Waals surface area contributed by atoms with E-state index in [1.165, 1.54) is 0 Å². The van der Waals surface area contributed by atoms with Gasteiger partial charge in [0.25, 0.3) is 5.56 Å². The van der Waals surface area contributed by atoms with Crippen molar-refractivity contribution in [2.45, 2.75) is 0 Å². The predicted molar refractivity (Wildman–Crippen MR) is 54.2 cm³/mol. The third-order valence-electron chi connectivity index (χ3n) is 2.33. The van der Waals surface area contributed by atoms with Crippen LogP contribution in [0.3, 0.4) is 0 Å². The van der Waals surface area contributed by atoms with E-state index in [-0.39, 0.29) is 5.56 Å². The largest absolute Gasteiger partial charge is 0.360 e. The van der Waals surface area contributed by atoms with Crippen molar-refractivity contribution < 1.29 is 0 Å². The normalized spacial score (nSPS) is 11.1. The van der Waals surface area contributed by atoms with Gasteiger partial charge in [0.15, 0.2) is 0 Å². The molecule has 0 aliphatic carbocycles. The minimum atomic E-state index is -0.148. The highest BCUT2D eigenvalue weighted by Crippen LogP contribution is 2.19. The van der Waals surface area contributed by atoms with Crippen molar-refractivity contribution in [1.29, 1.82) is 0 Å². The summed E-state index contributed by atoms with van der Waals surface area (Å²) in [5.41, 5.74) is 1.29. The van der Waals surface area contributed by atoms with Crippen molar-refractivity contribution in [3.63, 3.8) is 0 Å². The number of aromatic nitrogens is 3. The van der Waals surface area contributed by atoms with Crippen molar-refractivity contribution in [2.75, 3.05) is 0 Å². The summed E-state index contributed by atoms with van der Waals surface area (Å²) < 4.78 is 0. The van der Waals surface area contributed by atoms with Gasteiger partial charge in [0.05, 0.1) is 11.7 Å². The van der Waals surface area contributed by atoms with Gasteiger partial charge in [-0.2, -0.15) is 0 Å². The molecule has 0 bridgehead atoms. The van der Waals surface area contributed by atoms with Gasteiger partial charge in [-0.25, -0.2) is 4.98 Å². The number of nitrogens with zero attached hydrogens (tertiary/aromatic N) is 1. The Morgan fingerprint density at radius 3 is 2.79 bits per heavy atom. The Labute approximate surface area is 78.6 Å². The molecule has 0 saturated heterocycles. The second-order valence-electron chi connectivity index (χ2n) is 3.13. The summed E-state index contributed by atoms with van der Waals surface area (Å²) in [5, 5.41) is 1.91. The molecule has 3 rings (SSSR count). The molecule has 2 N–H and O–H groups in total. The van der Waals surface area contributed by atoms with E-state index in [1.54, 1.807) is 12.4 Å². The third-order valence-corrected chi connectivity index (χ3v) is 2.33. The Morgan fingerprint density at radius 1 is 1.07 bits per heavy atom. The Morgan fingerprint density at radius 2 is 1.86 bits per heavy atom. The molecule has 3 aromatic rings. The zero-order valence-corrected chi connectivity index (χ0v) is 7.24. The highest BCUT2D eigenvalue weighted by Gasteiger charge is 2.03. The second-order valence-corrected chi connectivity index (χ2v) is 3.13. The summed E-state index contributed by atoms with van der Waals surface area (Å²) in [6.45, 7) is 0. The average molecular weight is 185 g/mol. The maximum absolute atomic E-state index is 11.4. The first-order valence-electron chi connectivity index (χ1n) is 4.30. The van der Waals surface area contributed by atoms with Crippen LogP contribution >= 0.6 is 0 Å². The molecule has 0 saturated carbocycles. The fourth-order valence-electron chi connectivity index (χ4n) is 1.67. The van der Waals surface area contributed by atoms with E-state index in [4.69, 9.17) is 0 Å². The van der Waals surface area contributed by atoms with E-state index in [0.717, 1.165) is 16.3 Å². The smallest absolute Gasteiger partial charge is 0.274 e. The lowest BCUT2D eigenvalue weighted by Crippen LogP contribution is -2.05. The van der Waals surface area contributed by atoms with Crippen molar-refractivity contribution in [1.82, 2.24) is 15.0 Å². The molecule has 0 aliphatic heterocycles. The van der Waals surface area contributed by atoms with Gasteiger partial charge in [-0.3, -0.25) is 4.79 Å². The van der Waals surface area contributed by atoms with E-state index in [2.05, 4.69) is 15.0 Å². The first-order valence-corrected chi connectivity index (χ1v) is 4.30. The Balaban J connectivity index is 2.71. The molecule has 0 amide bonds. The van der Waals surface area contributed by atoms with Gasteiger partial charge in [0.2, 0.25) is 0 Å². The van der Waals surface area contributed by atoms with E-state index in [0.29, 0.717) is 5.52 Å². The van der Waals surface area contributed by atoms with E-state index >= 15 is 0 Å². The summed E-state index contributed by atoms with van der Waals surface area (Å²) in [6.07, 6.45) is 5.15. The summed E-state index contributed by atoms with van der Waals surface area (Å²) in [4.78, 5) is 21.2. The van der Waals surface area contributed by atoms with Crippen LogP contribution in [0.2, 0.25) is 0 Å². The van der Waals surface area contributed by atoms with E-state index < -0.39 is 0 Å². The maximum Gasteiger partial charge on any atom is 0.274 e. The van der Waals surface area contributed by atoms with Crippen molar-refractivity contribution in [2.24, 2.45) is 0 Å². The molecule has 3 aromatic heterocycles. The molecule has 0 aliphatic rings. The molecule has 68 valence electrons. The van der Waals surface area contributed by atoms with E-state index in [1.807, 2.05) is 18.3 Å². The maximum atomic E-state index is 11.4. The SMILES string of the molecule is O=c1[nH]ccc2c1ncc1[nH]ccc12. The molecule has 0 fully saturated rings. The van der Waals surface area contributed by atoms with Gasteiger partial charge in [-0.05, 0) is 12.1 Å². The molecule has 4 heteroatoms. The monoisotopic (exact) mass is 185 g/mol. The molecule has 3 heterocycles. The zero-order valence-electron chi connectivity index (χ0n) is 7.24. The highest BCUT2D eigenvalue weighted by molar-refractivity contribution is 6.03. The number of nitrogens with one attached hydrogen (secondary N) is 2. The van der Waals surface area contributed by atoms with Crippen molar-refractivity contribution in [3.05, 3.63) is 41.1 Å². The van der Waals surface area contributed by atoms with Crippen LogP contribution < -0.4 is 5.56 Å². The Kier molecular flexibility index (Phi) is 1.28. The lowest BCUT2D eigenvalue weighted by atomic mass is 10.2. The van der Waals surface area contributed by atoms with E-state index in [9.17, 15) is 4.79 Å². The van der Waals surface area contributed by atoms with Gasteiger partial charge in [0.1, 0.15) is 5.52 Å². The number of pyridine rings is 2. The topological polar surface area (TPSA) is 61.5 Å². The molecule has 0 radical (unpaired) electrons. The predicted octanol–water partition coefficient (Wildman–Crippen LogP) is 1.40. The molecule has 14 heavy (non-hydrogen) atoms. The number of hydrogen-bond donors (Lipinski definition) is 2. The van der Waals surface area contributed by atoms with Gasteiger partial charge >= 0.3 is 0 Å². The Bertz CT molecular complexity index is 665. The fraction of sp³-hybridized carbons (Fsp3) is 0. The van der Waals surface area contributed by atoms with Gasteiger partial charge in [-0.1, -0.05) is 0 Å². The van der Waals surface area contributed by atoms with Crippen molar-refractivity contribution in [3.8, 4) is 0 Å². The quantitative estimate of drug-likeness (QED) is 0.556. The molecule has 4 nitrogen and oxygen atoms in total. The van der Waals surface area contributed by atoms with Gasteiger partial charge in [0, 0.05) is 23.2 Å². The number of aromatic amines is 2. The second kappa shape index (κ2) is 2.45. The molecular weight excluding hydrogens is 178 g/mol. The first-order chi connectivity index (χ1) is 6.86. The molecule has 0 unspecified atom stereocenters. The van der Waals surface area contributed by atoms with Crippen LogP contribution in [0.4, 0.5) is 0 Å². The summed E-state index contributed by atoms with van der Waals surface area (Å²) in [5.74, 6) is 0. The third kappa shape index (κ3) is 0.821. The van der Waals surface area contributed by atoms with Crippen LogP contribution in [-0.4, -0.2) is 15.0 Å². The average Bonchev–Trinajstić information content (AvgIpc) is 2.66. The van der Waals surface area contributed by atoms with Crippen LogP contribution in [-0.2, 0) is 0 Å². The molecule has 0 atom stereocenters. The first kappa shape index (κ1) is 7.32. The number of rotatable bonds is 0. The number of H-pyrrole nitrogens is 2. The minimum Gasteiger partial charge on any atom is -0.360 e. The lowest BCUT2D eigenvalue weighted by Gasteiger charge is -1.96. The molecule has 0 aromatic carbocycles. The standard InChI is InChI=1S/C10H7N3O/c14-10-9-7(2-4-12-10)6-1-3-11-8(6)5-13-9/h1-5,11H,(H,12,14). The Hall–Kier alpha value is -2.10. The minimum absolute atomic E-state index is 0.148. The highest BCUT2D eigenvalue weighted by atomic mass is 16.1. The van der Waals surface area contributed by atoms with Crippen LogP contribution in [0.15, 0.2) is 35.5 Å². The van der Waals surface area contributed by atoms with Gasteiger partial charge < -0.3 is 9.97 Å².